The van der Waals surface area contributed by atoms with Gasteiger partial charge in [-0.3, -0.25) is 4.90 Å². The topological polar surface area (TPSA) is 3.24 Å². The zero-order valence-corrected chi connectivity index (χ0v) is 7.75. The van der Waals surface area contributed by atoms with Gasteiger partial charge in [0.1, 0.15) is 0 Å². The van der Waals surface area contributed by atoms with Crippen LogP contribution >= 0.6 is 12.6 Å². The molecule has 11 heavy (non-hydrogen) atoms. The molecule has 0 heterocycles. The van der Waals surface area contributed by atoms with Crippen molar-refractivity contribution in [2.45, 2.75) is 5.37 Å². The van der Waals surface area contributed by atoms with Gasteiger partial charge >= 0.3 is 0 Å². The Labute approximate surface area is 73.4 Å². The van der Waals surface area contributed by atoms with E-state index >= 15 is 0 Å². The highest BCUT2D eigenvalue weighted by molar-refractivity contribution is 7.80. The number of hydrogen-bond donors (Lipinski definition) is 1. The summed E-state index contributed by atoms with van der Waals surface area (Å²) in [6.07, 6.45) is 0. The Balaban J connectivity index is 2.77. The van der Waals surface area contributed by atoms with E-state index in [0.29, 0.717) is 0 Å². The van der Waals surface area contributed by atoms with Crippen molar-refractivity contribution in [2.75, 3.05) is 14.1 Å². The van der Waals surface area contributed by atoms with Crippen molar-refractivity contribution in [3.05, 3.63) is 35.9 Å². The van der Waals surface area contributed by atoms with E-state index in [4.69, 9.17) is 0 Å². The van der Waals surface area contributed by atoms with Gasteiger partial charge in [-0.25, -0.2) is 0 Å². The standard InChI is InChI=1S/C9H13NS/c1-10(2)9(11)8-6-4-3-5-7-8/h3-7,9,11H,1-2H3. The molecule has 0 aliphatic heterocycles. The first-order chi connectivity index (χ1) is 5.22. The number of rotatable bonds is 2. The smallest absolute Gasteiger partial charge is 0.0779 e. The highest BCUT2D eigenvalue weighted by Crippen LogP contribution is 2.20. The Kier molecular flexibility index (Phi) is 2.97. The van der Waals surface area contributed by atoms with Crippen LogP contribution in [0, 0.1) is 0 Å². The molecule has 60 valence electrons. The van der Waals surface area contributed by atoms with Gasteiger partial charge in [-0.05, 0) is 19.7 Å². The predicted octanol–water partition coefficient (Wildman–Crippen LogP) is 2.18. The fourth-order valence-corrected chi connectivity index (χ4v) is 1.10. The first-order valence-corrected chi connectivity index (χ1v) is 4.13. The highest BCUT2D eigenvalue weighted by atomic mass is 32.1. The third-order valence-electron chi connectivity index (χ3n) is 1.59. The van der Waals surface area contributed by atoms with E-state index in [-0.39, 0.29) is 5.37 Å². The molecule has 1 nitrogen and oxygen atoms in total. The average molecular weight is 167 g/mol. The van der Waals surface area contributed by atoms with Crippen LogP contribution in [-0.2, 0) is 0 Å². The van der Waals surface area contributed by atoms with Crippen molar-refractivity contribution in [2.24, 2.45) is 0 Å². The summed E-state index contributed by atoms with van der Waals surface area (Å²) in [5.74, 6) is 0. The lowest BCUT2D eigenvalue weighted by atomic mass is 10.2. The first kappa shape index (κ1) is 8.62. The molecule has 1 aromatic rings. The number of nitrogens with zero attached hydrogens (tertiary/aromatic N) is 1. The maximum Gasteiger partial charge on any atom is 0.0779 e. The summed E-state index contributed by atoms with van der Waals surface area (Å²) in [4.78, 5) is 2.07. The SMILES string of the molecule is CN(C)C(S)c1ccccc1. The molecule has 0 N–H and O–H groups in total. The van der Waals surface area contributed by atoms with Gasteiger partial charge in [0, 0.05) is 0 Å². The fraction of sp³-hybridized carbons (Fsp3) is 0.333. The minimum absolute atomic E-state index is 0.205. The Bertz CT molecular complexity index is 208. The van der Waals surface area contributed by atoms with Gasteiger partial charge in [-0.15, -0.1) is 0 Å². The van der Waals surface area contributed by atoms with Gasteiger partial charge in [0.2, 0.25) is 0 Å². The highest BCUT2D eigenvalue weighted by Gasteiger charge is 2.05. The third kappa shape index (κ3) is 2.24. The van der Waals surface area contributed by atoms with Crippen molar-refractivity contribution in [3.63, 3.8) is 0 Å². The zero-order chi connectivity index (χ0) is 8.27. The molecule has 0 amide bonds. The van der Waals surface area contributed by atoms with Gasteiger partial charge in [0.05, 0.1) is 5.37 Å². The Hall–Kier alpha value is -0.470. The average Bonchev–Trinajstić information content (AvgIpc) is 2.05. The molecule has 2 heteroatoms. The first-order valence-electron chi connectivity index (χ1n) is 3.61. The fourth-order valence-electron chi connectivity index (χ4n) is 0.923. The van der Waals surface area contributed by atoms with Crippen LogP contribution in [0.5, 0.6) is 0 Å². The van der Waals surface area contributed by atoms with Crippen molar-refractivity contribution in [3.8, 4) is 0 Å². The van der Waals surface area contributed by atoms with E-state index in [9.17, 15) is 0 Å². The Morgan fingerprint density at radius 3 is 2.18 bits per heavy atom. The molecular weight excluding hydrogens is 154 g/mol. The summed E-state index contributed by atoms with van der Waals surface area (Å²) < 4.78 is 0. The van der Waals surface area contributed by atoms with Crippen LogP contribution < -0.4 is 0 Å². The number of hydrogen-bond acceptors (Lipinski definition) is 2. The second-order valence-electron chi connectivity index (χ2n) is 2.75. The Morgan fingerprint density at radius 1 is 1.18 bits per heavy atom. The van der Waals surface area contributed by atoms with Gasteiger partial charge in [0.25, 0.3) is 0 Å². The molecule has 0 bridgehead atoms. The lowest BCUT2D eigenvalue weighted by Crippen LogP contribution is -2.14. The van der Waals surface area contributed by atoms with E-state index in [1.165, 1.54) is 5.56 Å². The lowest BCUT2D eigenvalue weighted by molar-refractivity contribution is 0.393. The summed E-state index contributed by atoms with van der Waals surface area (Å²) in [5.41, 5.74) is 1.24. The molecule has 0 aliphatic carbocycles. The largest absolute Gasteiger partial charge is 0.294 e. The third-order valence-corrected chi connectivity index (χ3v) is 2.35. The minimum atomic E-state index is 0.205. The summed E-state index contributed by atoms with van der Waals surface area (Å²) in [5, 5.41) is 0.205. The summed E-state index contributed by atoms with van der Waals surface area (Å²) in [7, 11) is 4.04. The van der Waals surface area contributed by atoms with Crippen LogP contribution in [0.15, 0.2) is 30.3 Å². The molecule has 1 atom stereocenters. The van der Waals surface area contributed by atoms with Crippen LogP contribution in [0.4, 0.5) is 0 Å². The van der Waals surface area contributed by atoms with Crippen LogP contribution in [0.25, 0.3) is 0 Å². The molecule has 1 rings (SSSR count). The quantitative estimate of drug-likeness (QED) is 0.522. The van der Waals surface area contributed by atoms with Crippen molar-refractivity contribution in [1.82, 2.24) is 4.90 Å². The second-order valence-corrected chi connectivity index (χ2v) is 3.24. The van der Waals surface area contributed by atoms with Gasteiger partial charge in [-0.1, -0.05) is 30.3 Å². The summed E-state index contributed by atoms with van der Waals surface area (Å²) in [6.45, 7) is 0. The number of thiol groups is 1. The molecule has 1 unspecified atom stereocenters. The van der Waals surface area contributed by atoms with Gasteiger partial charge < -0.3 is 0 Å². The van der Waals surface area contributed by atoms with Gasteiger partial charge in [-0.2, -0.15) is 12.6 Å². The van der Waals surface area contributed by atoms with E-state index in [1.54, 1.807) is 0 Å². The molecule has 0 saturated carbocycles. The maximum absolute atomic E-state index is 4.44. The molecule has 0 fully saturated rings. The molecule has 0 spiro atoms. The van der Waals surface area contributed by atoms with Crippen LogP contribution in [-0.4, -0.2) is 19.0 Å². The van der Waals surface area contributed by atoms with E-state index < -0.39 is 0 Å². The molecule has 0 aromatic heterocycles. The monoisotopic (exact) mass is 167 g/mol. The molecule has 0 radical (unpaired) electrons. The van der Waals surface area contributed by atoms with E-state index in [2.05, 4.69) is 29.7 Å². The number of benzene rings is 1. The Morgan fingerprint density at radius 2 is 1.73 bits per heavy atom. The zero-order valence-electron chi connectivity index (χ0n) is 6.86. The molecule has 0 saturated heterocycles. The normalized spacial score (nSPS) is 13.5. The van der Waals surface area contributed by atoms with Crippen molar-refractivity contribution >= 4 is 12.6 Å². The second kappa shape index (κ2) is 3.79. The van der Waals surface area contributed by atoms with Crippen LogP contribution in [0.2, 0.25) is 0 Å². The minimum Gasteiger partial charge on any atom is -0.294 e. The van der Waals surface area contributed by atoms with Crippen LogP contribution in [0.1, 0.15) is 10.9 Å². The van der Waals surface area contributed by atoms with Crippen molar-refractivity contribution in [1.29, 1.82) is 0 Å². The summed E-state index contributed by atoms with van der Waals surface area (Å²) in [6, 6.07) is 10.2. The molecule has 0 aliphatic rings. The maximum atomic E-state index is 4.44. The van der Waals surface area contributed by atoms with Gasteiger partial charge in [0.15, 0.2) is 0 Å². The molecule has 1 aromatic carbocycles. The van der Waals surface area contributed by atoms with E-state index in [1.807, 2.05) is 32.3 Å². The van der Waals surface area contributed by atoms with Crippen LogP contribution in [0.3, 0.4) is 0 Å². The predicted molar refractivity (Wildman–Crippen MR) is 51.9 cm³/mol. The molecular formula is C9H13NS. The summed E-state index contributed by atoms with van der Waals surface area (Å²) >= 11 is 4.44. The lowest BCUT2D eigenvalue weighted by Gasteiger charge is -2.18. The van der Waals surface area contributed by atoms with Crippen molar-refractivity contribution < 1.29 is 0 Å². The van der Waals surface area contributed by atoms with E-state index in [0.717, 1.165) is 0 Å².